The number of hydrogen-bond acceptors (Lipinski definition) is 4. The van der Waals surface area contributed by atoms with Crippen LogP contribution in [-0.2, 0) is 0 Å². The van der Waals surface area contributed by atoms with E-state index in [9.17, 15) is 14.4 Å². The lowest BCUT2D eigenvalue weighted by atomic mass is 10.0. The summed E-state index contributed by atoms with van der Waals surface area (Å²) in [6, 6.07) is 18.2. The predicted octanol–water partition coefficient (Wildman–Crippen LogP) is 4.93. The molecule has 0 unspecified atom stereocenters. The lowest BCUT2D eigenvalue weighted by molar-refractivity contribution is -0.530. The Kier molecular flexibility index (Phi) is 5.72. The summed E-state index contributed by atoms with van der Waals surface area (Å²) >= 11 is 0. The average molecular weight is 445 g/mol. The molecule has 0 spiro atoms. The molecule has 4 rings (SSSR count). The average Bonchev–Trinajstić information content (AvgIpc) is 2.79. The number of ether oxygens (including phenoxy) is 1. The first-order chi connectivity index (χ1) is 15.7. The Balaban J connectivity index is 1.98. The summed E-state index contributed by atoms with van der Waals surface area (Å²) in [4.78, 5) is 13.2. The highest BCUT2D eigenvalue weighted by Gasteiger charge is 2.20. The number of rotatable bonds is 4. The van der Waals surface area contributed by atoms with Crippen LogP contribution in [0.4, 0.5) is 4.39 Å². The first kappa shape index (κ1) is 22.2. The third-order valence-electron chi connectivity index (χ3n) is 5.30. The number of hydroxylamine groups is 1. The van der Waals surface area contributed by atoms with Crippen molar-refractivity contribution in [2.24, 2.45) is 0 Å². The van der Waals surface area contributed by atoms with Crippen LogP contribution in [0.15, 0.2) is 71.5 Å². The second-order valence-electron chi connectivity index (χ2n) is 8.67. The minimum Gasteiger partial charge on any atom is -0.623 e. The van der Waals surface area contributed by atoms with Gasteiger partial charge >= 0.3 is 0 Å². The SMILES string of the molecule is COc1ccc(-c2nn(-c3ccc(F)cc3)c(=O)c3ccccc23)cc1/C=[N+](\[O-])C(C)(C)C. The van der Waals surface area contributed by atoms with Crippen LogP contribution in [0.5, 0.6) is 5.75 Å². The molecule has 1 aromatic heterocycles. The van der Waals surface area contributed by atoms with Crippen molar-refractivity contribution in [3.63, 3.8) is 0 Å². The van der Waals surface area contributed by atoms with Gasteiger partial charge in [0, 0.05) is 31.7 Å². The van der Waals surface area contributed by atoms with E-state index in [2.05, 4.69) is 5.10 Å². The van der Waals surface area contributed by atoms with Gasteiger partial charge in [0.1, 0.15) is 11.6 Å². The van der Waals surface area contributed by atoms with Gasteiger partial charge in [0.25, 0.3) is 5.56 Å². The van der Waals surface area contributed by atoms with Crippen molar-refractivity contribution in [3.8, 4) is 22.7 Å². The fraction of sp³-hybridized carbons (Fsp3) is 0.192. The Morgan fingerprint density at radius 1 is 1.03 bits per heavy atom. The summed E-state index contributed by atoms with van der Waals surface area (Å²) in [5, 5.41) is 18.4. The number of benzene rings is 3. The van der Waals surface area contributed by atoms with Crippen molar-refractivity contribution in [2.75, 3.05) is 7.11 Å². The molecule has 3 aromatic carbocycles. The van der Waals surface area contributed by atoms with E-state index in [1.54, 1.807) is 25.3 Å². The van der Waals surface area contributed by atoms with E-state index in [-0.39, 0.29) is 5.56 Å². The molecule has 0 saturated carbocycles. The maximum absolute atomic E-state index is 13.5. The van der Waals surface area contributed by atoms with E-state index in [1.807, 2.05) is 45.0 Å². The van der Waals surface area contributed by atoms with Gasteiger partial charge in [-0.05, 0) is 48.5 Å². The van der Waals surface area contributed by atoms with Gasteiger partial charge in [0.2, 0.25) is 0 Å². The van der Waals surface area contributed by atoms with Crippen molar-refractivity contribution >= 4 is 17.0 Å². The molecule has 168 valence electrons. The van der Waals surface area contributed by atoms with Gasteiger partial charge in [-0.1, -0.05) is 18.2 Å². The van der Waals surface area contributed by atoms with Crippen molar-refractivity contribution in [1.82, 2.24) is 9.78 Å². The third-order valence-corrected chi connectivity index (χ3v) is 5.30. The first-order valence-corrected chi connectivity index (χ1v) is 10.5. The van der Waals surface area contributed by atoms with E-state index < -0.39 is 11.4 Å². The monoisotopic (exact) mass is 445 g/mol. The number of halogens is 1. The van der Waals surface area contributed by atoms with Crippen molar-refractivity contribution in [3.05, 3.63) is 93.7 Å². The maximum atomic E-state index is 13.5. The largest absolute Gasteiger partial charge is 0.623 e. The van der Waals surface area contributed by atoms with E-state index in [0.717, 1.165) is 4.74 Å². The number of fused-ring (bicyclic) bond motifs is 1. The van der Waals surface area contributed by atoms with Gasteiger partial charge in [-0.2, -0.15) is 9.78 Å². The Hall–Kier alpha value is -4.00. The topological polar surface area (TPSA) is 70.2 Å². The summed E-state index contributed by atoms with van der Waals surface area (Å²) in [5.41, 5.74) is 1.37. The molecule has 0 bridgehead atoms. The van der Waals surface area contributed by atoms with E-state index in [4.69, 9.17) is 4.74 Å². The fourth-order valence-corrected chi connectivity index (χ4v) is 3.46. The molecule has 0 saturated heterocycles. The molecular formula is C26H24FN3O3. The van der Waals surface area contributed by atoms with Crippen LogP contribution in [0.25, 0.3) is 27.7 Å². The molecular weight excluding hydrogens is 421 g/mol. The van der Waals surface area contributed by atoms with Gasteiger partial charge in [-0.25, -0.2) is 9.13 Å². The Bertz CT molecular complexity index is 1420. The van der Waals surface area contributed by atoms with Gasteiger partial charge in [-0.15, -0.1) is 0 Å². The molecule has 6 nitrogen and oxygen atoms in total. The van der Waals surface area contributed by atoms with Crippen molar-refractivity contribution < 1.29 is 13.9 Å². The van der Waals surface area contributed by atoms with Crippen LogP contribution < -0.4 is 10.3 Å². The number of nitrogens with zero attached hydrogens (tertiary/aromatic N) is 3. The summed E-state index contributed by atoms with van der Waals surface area (Å²) in [7, 11) is 1.54. The standard InChI is InChI=1S/C26H24FN3O3/c1-26(2,3)29(32)16-18-15-17(9-14-23(18)33-4)24-21-7-5-6-8-22(21)25(31)30(28-24)20-12-10-19(27)11-13-20/h5-16H,1-4H3/b29-16-. The molecule has 7 heteroatoms. The maximum Gasteiger partial charge on any atom is 0.279 e. The molecule has 0 aliphatic heterocycles. The second-order valence-corrected chi connectivity index (χ2v) is 8.67. The molecule has 0 radical (unpaired) electrons. The van der Waals surface area contributed by atoms with Crippen LogP contribution in [0.1, 0.15) is 26.3 Å². The Labute approximate surface area is 190 Å². The zero-order valence-electron chi connectivity index (χ0n) is 18.9. The Morgan fingerprint density at radius 2 is 1.70 bits per heavy atom. The van der Waals surface area contributed by atoms with Gasteiger partial charge in [-0.3, -0.25) is 4.79 Å². The van der Waals surface area contributed by atoms with Crippen LogP contribution in [-0.4, -0.2) is 33.4 Å². The molecule has 0 atom stereocenters. The lowest BCUT2D eigenvalue weighted by Gasteiger charge is -2.19. The van der Waals surface area contributed by atoms with Crippen LogP contribution in [0.2, 0.25) is 0 Å². The van der Waals surface area contributed by atoms with E-state index in [1.165, 1.54) is 35.2 Å². The quantitative estimate of drug-likeness (QED) is 0.193. The van der Waals surface area contributed by atoms with E-state index in [0.29, 0.717) is 39.0 Å². The lowest BCUT2D eigenvalue weighted by Crippen LogP contribution is -2.29. The van der Waals surface area contributed by atoms with Gasteiger partial charge in [0.15, 0.2) is 11.8 Å². The molecule has 4 aromatic rings. The normalized spacial score (nSPS) is 12.2. The first-order valence-electron chi connectivity index (χ1n) is 10.5. The zero-order valence-corrected chi connectivity index (χ0v) is 18.9. The highest BCUT2D eigenvalue weighted by atomic mass is 19.1. The minimum atomic E-state index is -0.623. The second kappa shape index (κ2) is 8.50. The van der Waals surface area contributed by atoms with Crippen molar-refractivity contribution in [2.45, 2.75) is 26.3 Å². The highest BCUT2D eigenvalue weighted by Crippen LogP contribution is 2.29. The summed E-state index contributed by atoms with van der Waals surface area (Å²) in [6.07, 6.45) is 1.49. The third kappa shape index (κ3) is 4.35. The Morgan fingerprint density at radius 3 is 2.33 bits per heavy atom. The number of aromatic nitrogens is 2. The van der Waals surface area contributed by atoms with Crippen molar-refractivity contribution in [1.29, 1.82) is 0 Å². The van der Waals surface area contributed by atoms with Gasteiger partial charge in [0.05, 0.1) is 29.4 Å². The molecule has 33 heavy (non-hydrogen) atoms. The molecule has 0 aliphatic rings. The smallest absolute Gasteiger partial charge is 0.279 e. The fourth-order valence-electron chi connectivity index (χ4n) is 3.46. The minimum absolute atomic E-state index is 0.306. The molecule has 0 N–H and O–H groups in total. The predicted molar refractivity (Wildman–Crippen MR) is 128 cm³/mol. The van der Waals surface area contributed by atoms with Gasteiger partial charge < -0.3 is 9.94 Å². The summed E-state index contributed by atoms with van der Waals surface area (Å²) in [6.45, 7) is 5.46. The van der Waals surface area contributed by atoms with E-state index >= 15 is 0 Å². The van der Waals surface area contributed by atoms with Crippen LogP contribution in [0.3, 0.4) is 0 Å². The molecule has 0 amide bonds. The zero-order chi connectivity index (χ0) is 23.8. The van der Waals surface area contributed by atoms with Crippen LogP contribution in [0, 0.1) is 11.0 Å². The van der Waals surface area contributed by atoms with Crippen LogP contribution >= 0.6 is 0 Å². The highest BCUT2D eigenvalue weighted by molar-refractivity contribution is 5.95. The molecule has 0 fully saturated rings. The summed E-state index contributed by atoms with van der Waals surface area (Å²) in [5.74, 6) is 0.143. The summed E-state index contributed by atoms with van der Waals surface area (Å²) < 4.78 is 21.0. The molecule has 1 heterocycles. The number of methoxy groups -OCH3 is 1. The molecule has 0 aliphatic carbocycles. The number of hydrogen-bond donors (Lipinski definition) is 0.